The zero-order valence-corrected chi connectivity index (χ0v) is 20.3. The van der Waals surface area contributed by atoms with Crippen molar-refractivity contribution in [3.63, 3.8) is 0 Å². The third-order valence-corrected chi connectivity index (χ3v) is 8.49. The molecule has 37 heavy (non-hydrogen) atoms. The number of sulfonamides is 1. The number of hydrogen-bond donors (Lipinski definition) is 0. The molecule has 1 aromatic carbocycles. The van der Waals surface area contributed by atoms with E-state index in [0.29, 0.717) is 29.8 Å². The van der Waals surface area contributed by atoms with Gasteiger partial charge in [-0.05, 0) is 49.6 Å². The topological polar surface area (TPSA) is 99.4 Å². The van der Waals surface area contributed by atoms with Crippen LogP contribution in [0.25, 0.3) is 22.6 Å². The van der Waals surface area contributed by atoms with Gasteiger partial charge in [-0.25, -0.2) is 22.8 Å². The van der Waals surface area contributed by atoms with Gasteiger partial charge in [0.15, 0.2) is 23.0 Å². The minimum absolute atomic E-state index is 0.154. The van der Waals surface area contributed by atoms with Gasteiger partial charge in [0.05, 0.1) is 16.7 Å². The molecule has 6 rings (SSSR count). The monoisotopic (exact) mass is 531 g/mol. The van der Waals surface area contributed by atoms with Crippen LogP contribution in [0, 0.1) is 12.7 Å². The molecule has 1 saturated heterocycles. The van der Waals surface area contributed by atoms with E-state index >= 15 is 0 Å². The van der Waals surface area contributed by atoms with Crippen molar-refractivity contribution in [3.05, 3.63) is 60.3 Å². The molecule has 192 valence electrons. The molecule has 2 aliphatic heterocycles. The molecular weight excluding hydrogens is 511 g/mol. The van der Waals surface area contributed by atoms with E-state index in [9.17, 15) is 21.6 Å². The summed E-state index contributed by atoms with van der Waals surface area (Å²) in [6.07, 6.45) is 1.24. The minimum atomic E-state index is -3.99. The van der Waals surface area contributed by atoms with E-state index in [2.05, 4.69) is 19.4 Å². The number of pyridine rings is 2. The van der Waals surface area contributed by atoms with Crippen molar-refractivity contribution in [2.75, 3.05) is 13.1 Å². The van der Waals surface area contributed by atoms with Gasteiger partial charge in [0.25, 0.3) is 0 Å². The van der Waals surface area contributed by atoms with Gasteiger partial charge >= 0.3 is 6.29 Å². The van der Waals surface area contributed by atoms with Crippen LogP contribution in [0.15, 0.2) is 53.8 Å². The molecule has 0 bridgehead atoms. The van der Waals surface area contributed by atoms with Crippen molar-refractivity contribution in [2.45, 2.75) is 37.0 Å². The van der Waals surface area contributed by atoms with Crippen molar-refractivity contribution in [1.29, 1.82) is 0 Å². The minimum Gasteiger partial charge on any atom is -0.395 e. The lowest BCUT2D eigenvalue weighted by molar-refractivity contribution is -0.286. The highest BCUT2D eigenvalue weighted by Crippen LogP contribution is 2.43. The van der Waals surface area contributed by atoms with Crippen LogP contribution < -0.4 is 9.47 Å². The second kappa shape index (κ2) is 8.42. The molecule has 0 radical (unpaired) electrons. The first kappa shape index (κ1) is 23.7. The number of halogens is 3. The number of fused-ring (bicyclic) bond motifs is 2. The van der Waals surface area contributed by atoms with Crippen molar-refractivity contribution >= 4 is 21.2 Å². The molecular formula is C24H20F3N5O4S. The van der Waals surface area contributed by atoms with Crippen LogP contribution in [0.1, 0.15) is 24.4 Å². The molecule has 3 aromatic heterocycles. The first-order valence-electron chi connectivity index (χ1n) is 11.5. The number of aromatic nitrogens is 4. The summed E-state index contributed by atoms with van der Waals surface area (Å²) in [5.41, 5.74) is 2.39. The molecule has 0 amide bonds. The number of rotatable bonds is 4. The Morgan fingerprint density at radius 3 is 2.57 bits per heavy atom. The van der Waals surface area contributed by atoms with Crippen LogP contribution in [-0.4, -0.2) is 51.6 Å². The Morgan fingerprint density at radius 1 is 1.05 bits per heavy atom. The van der Waals surface area contributed by atoms with Crippen LogP contribution >= 0.6 is 0 Å². The number of hydrogen-bond acceptors (Lipinski definition) is 7. The highest BCUT2D eigenvalue weighted by atomic mass is 32.2. The molecule has 0 saturated carbocycles. The Morgan fingerprint density at radius 2 is 1.81 bits per heavy atom. The predicted octanol–water partition coefficient (Wildman–Crippen LogP) is 4.29. The van der Waals surface area contributed by atoms with Crippen molar-refractivity contribution in [3.8, 4) is 22.9 Å². The van der Waals surface area contributed by atoms with Crippen molar-refractivity contribution in [2.24, 2.45) is 0 Å². The van der Waals surface area contributed by atoms with Crippen LogP contribution in [-0.2, 0) is 10.0 Å². The van der Waals surface area contributed by atoms with E-state index in [1.807, 2.05) is 17.6 Å². The third kappa shape index (κ3) is 3.98. The second-order valence-corrected chi connectivity index (χ2v) is 10.8. The van der Waals surface area contributed by atoms with Gasteiger partial charge in [0, 0.05) is 37.6 Å². The van der Waals surface area contributed by atoms with Gasteiger partial charge in [-0.1, -0.05) is 0 Å². The lowest BCUT2D eigenvalue weighted by atomic mass is 10.1. The van der Waals surface area contributed by atoms with Crippen molar-refractivity contribution < 1.29 is 31.1 Å². The van der Waals surface area contributed by atoms with Crippen LogP contribution in [0.2, 0.25) is 0 Å². The number of ether oxygens (including phenoxy) is 2. The van der Waals surface area contributed by atoms with Crippen LogP contribution in [0.5, 0.6) is 11.5 Å². The summed E-state index contributed by atoms with van der Waals surface area (Å²) in [6, 6.07) is 6.57. The van der Waals surface area contributed by atoms with Gasteiger partial charge in [-0.2, -0.15) is 4.31 Å². The molecule has 1 fully saturated rings. The third-order valence-electron chi connectivity index (χ3n) is 6.59. The fraction of sp³-hybridized carbons (Fsp3) is 0.292. The van der Waals surface area contributed by atoms with Gasteiger partial charge in [-0.3, -0.25) is 4.98 Å². The molecule has 13 heteroatoms. The SMILES string of the molecule is Cc1ccnc2c1nc(-c1ccncc1F)n2C1CCN(S(=O)(=O)c2ccc3c(c2)OC(F)(F)O3)CC1. The average Bonchev–Trinajstić information content (AvgIpc) is 3.40. The Labute approximate surface area is 209 Å². The van der Waals surface area contributed by atoms with E-state index in [0.717, 1.165) is 23.9 Å². The molecule has 0 aliphatic carbocycles. The standard InChI is InChI=1S/C24H20F3N5O4S/c1-14-4-9-29-23-21(14)30-22(17-5-8-28-13-18(17)25)32(23)15-6-10-31(11-7-15)37(33,34)16-2-3-19-20(12-16)36-24(26,27)35-19/h2-5,8-9,12-13,15H,6-7,10-11H2,1H3. The Bertz CT molecular complexity index is 1630. The summed E-state index contributed by atoms with van der Waals surface area (Å²) in [5, 5.41) is 0. The number of nitrogens with zero attached hydrogens (tertiary/aromatic N) is 5. The van der Waals surface area contributed by atoms with Gasteiger partial charge in [0.2, 0.25) is 10.0 Å². The molecule has 5 heterocycles. The van der Waals surface area contributed by atoms with Crippen LogP contribution in [0.4, 0.5) is 13.2 Å². The number of piperidine rings is 1. The molecule has 2 aliphatic rings. The summed E-state index contributed by atoms with van der Waals surface area (Å²) >= 11 is 0. The Hall–Kier alpha value is -3.71. The molecule has 0 N–H and O–H groups in total. The van der Waals surface area contributed by atoms with E-state index in [1.165, 1.54) is 16.6 Å². The summed E-state index contributed by atoms with van der Waals surface area (Å²) < 4.78 is 79.9. The van der Waals surface area contributed by atoms with E-state index in [4.69, 9.17) is 4.98 Å². The van der Waals surface area contributed by atoms with Crippen molar-refractivity contribution in [1.82, 2.24) is 23.8 Å². The maximum absolute atomic E-state index is 14.7. The number of benzene rings is 1. The zero-order chi connectivity index (χ0) is 25.9. The summed E-state index contributed by atoms with van der Waals surface area (Å²) in [6.45, 7) is 2.20. The number of alkyl halides is 2. The lowest BCUT2D eigenvalue weighted by Crippen LogP contribution is -2.39. The van der Waals surface area contributed by atoms with E-state index < -0.39 is 22.1 Å². The predicted molar refractivity (Wildman–Crippen MR) is 125 cm³/mol. The van der Waals surface area contributed by atoms with E-state index in [-0.39, 0.29) is 41.1 Å². The second-order valence-electron chi connectivity index (χ2n) is 8.87. The first-order valence-corrected chi connectivity index (χ1v) is 12.9. The fourth-order valence-corrected chi connectivity index (χ4v) is 6.27. The number of aryl methyl sites for hydroxylation is 1. The molecule has 9 nitrogen and oxygen atoms in total. The average molecular weight is 532 g/mol. The summed E-state index contributed by atoms with van der Waals surface area (Å²) in [7, 11) is -3.99. The summed E-state index contributed by atoms with van der Waals surface area (Å²) in [4.78, 5) is 12.8. The number of imidazole rings is 1. The molecule has 0 spiro atoms. The quantitative estimate of drug-likeness (QED) is 0.387. The van der Waals surface area contributed by atoms with Gasteiger partial charge in [0.1, 0.15) is 11.3 Å². The molecule has 4 aromatic rings. The normalized spacial score (nSPS) is 17.9. The largest absolute Gasteiger partial charge is 0.586 e. The molecule has 0 unspecified atom stereocenters. The summed E-state index contributed by atoms with van der Waals surface area (Å²) in [5.74, 6) is -0.690. The maximum atomic E-state index is 14.7. The van der Waals surface area contributed by atoms with Crippen LogP contribution in [0.3, 0.4) is 0 Å². The highest BCUT2D eigenvalue weighted by Gasteiger charge is 2.44. The fourth-order valence-electron chi connectivity index (χ4n) is 4.78. The lowest BCUT2D eigenvalue weighted by Gasteiger charge is -2.32. The smallest absolute Gasteiger partial charge is 0.395 e. The Balaban J connectivity index is 1.30. The molecule has 0 atom stereocenters. The zero-order valence-electron chi connectivity index (χ0n) is 19.4. The maximum Gasteiger partial charge on any atom is 0.586 e. The van der Waals surface area contributed by atoms with E-state index in [1.54, 1.807) is 12.3 Å². The Kier molecular flexibility index (Phi) is 5.38. The van der Waals surface area contributed by atoms with Gasteiger partial charge in [-0.15, -0.1) is 8.78 Å². The van der Waals surface area contributed by atoms with Gasteiger partial charge < -0.3 is 14.0 Å². The first-order chi connectivity index (χ1) is 17.6. The highest BCUT2D eigenvalue weighted by molar-refractivity contribution is 7.89.